The van der Waals surface area contributed by atoms with E-state index in [0.29, 0.717) is 17.4 Å². The predicted molar refractivity (Wildman–Crippen MR) is 293 cm³/mol. The summed E-state index contributed by atoms with van der Waals surface area (Å²) in [6.45, 7) is 4.71. The Bertz CT molecular complexity index is 1120. The molecule has 0 radical (unpaired) electrons. The van der Waals surface area contributed by atoms with E-state index in [-0.39, 0.29) is 19.1 Å². The lowest BCUT2D eigenvalue weighted by Crippen LogP contribution is -2.45. The predicted octanol–water partition coefficient (Wildman–Crippen LogP) is 17.6. The first-order chi connectivity index (χ1) is 33.0. The van der Waals surface area contributed by atoms with Crippen LogP contribution in [0.1, 0.15) is 309 Å². The maximum atomic E-state index is 13.0. The smallest absolute Gasteiger partial charge is 0.268 e. The number of carbonyl (C=O) groups excluding carboxylic acids is 1. The Morgan fingerprint density at radius 3 is 1.10 bits per heavy atom. The quantitative estimate of drug-likeness (QED) is 0.0272. The van der Waals surface area contributed by atoms with Crippen LogP contribution in [0.3, 0.4) is 0 Å². The van der Waals surface area contributed by atoms with Crippen molar-refractivity contribution in [3.8, 4) is 0 Å². The van der Waals surface area contributed by atoms with Crippen molar-refractivity contribution in [2.24, 2.45) is 0 Å². The van der Waals surface area contributed by atoms with Gasteiger partial charge < -0.3 is 28.8 Å². The molecule has 0 aromatic carbocycles. The maximum Gasteiger partial charge on any atom is 0.268 e. The molecule has 0 aliphatic carbocycles. The van der Waals surface area contributed by atoms with E-state index in [2.05, 4.69) is 19.2 Å². The normalized spacial score (nSPS) is 13.9. The van der Waals surface area contributed by atoms with Crippen molar-refractivity contribution in [3.05, 3.63) is 12.2 Å². The van der Waals surface area contributed by atoms with Gasteiger partial charge in [-0.3, -0.25) is 9.36 Å². The number of rotatable bonds is 56. The number of allylic oxidation sites excluding steroid dienone is 1. The molecular weight excluding hydrogens is 864 g/mol. The van der Waals surface area contributed by atoms with Crippen LogP contribution in [0.2, 0.25) is 0 Å². The summed E-state index contributed by atoms with van der Waals surface area (Å²) >= 11 is 0. The van der Waals surface area contributed by atoms with Gasteiger partial charge in [-0.15, -0.1) is 0 Å². The third-order valence-electron chi connectivity index (χ3n) is 14.0. The van der Waals surface area contributed by atoms with Gasteiger partial charge in [0.15, 0.2) is 0 Å². The third kappa shape index (κ3) is 53.0. The van der Waals surface area contributed by atoms with Crippen molar-refractivity contribution in [2.45, 2.75) is 321 Å². The van der Waals surface area contributed by atoms with E-state index in [0.717, 1.165) is 38.5 Å². The summed E-state index contributed by atoms with van der Waals surface area (Å²) in [7, 11) is 1.28. The van der Waals surface area contributed by atoms with Gasteiger partial charge in [-0.2, -0.15) is 0 Å². The molecule has 2 N–H and O–H groups in total. The highest BCUT2D eigenvalue weighted by atomic mass is 31.2. The van der Waals surface area contributed by atoms with Gasteiger partial charge in [-0.25, -0.2) is 0 Å². The summed E-state index contributed by atoms with van der Waals surface area (Å²) in [5.74, 6) is -0.189. The molecule has 0 bridgehead atoms. The summed E-state index contributed by atoms with van der Waals surface area (Å²) < 4.78 is 23.4. The fourth-order valence-corrected chi connectivity index (χ4v) is 10.00. The van der Waals surface area contributed by atoms with E-state index < -0.39 is 20.0 Å². The van der Waals surface area contributed by atoms with E-state index >= 15 is 0 Å². The van der Waals surface area contributed by atoms with Gasteiger partial charge in [0.1, 0.15) is 13.2 Å². The second kappa shape index (κ2) is 51.2. The molecule has 0 heterocycles. The van der Waals surface area contributed by atoms with E-state index in [1.54, 1.807) is 6.08 Å². The number of hydrogen-bond acceptors (Lipinski definition) is 6. The average molecular weight is 984 g/mol. The number of phosphoric ester groups is 1. The lowest BCUT2D eigenvalue weighted by Gasteiger charge is -2.29. The van der Waals surface area contributed by atoms with E-state index in [9.17, 15) is 19.4 Å². The van der Waals surface area contributed by atoms with Crippen LogP contribution in [-0.4, -0.2) is 68.5 Å². The molecule has 0 aromatic rings. The zero-order valence-corrected chi connectivity index (χ0v) is 47.2. The largest absolute Gasteiger partial charge is 0.756 e. The minimum absolute atomic E-state index is 0.00277. The Labute approximate surface area is 424 Å². The number of aliphatic hydroxyl groups excluding tert-OH is 1. The fraction of sp³-hybridized carbons (Fsp3) is 0.949. The van der Waals surface area contributed by atoms with Gasteiger partial charge in [0.25, 0.3) is 7.82 Å². The van der Waals surface area contributed by atoms with Crippen molar-refractivity contribution in [1.29, 1.82) is 0 Å². The number of nitrogens with one attached hydrogen (secondary N) is 1. The minimum atomic E-state index is -4.59. The van der Waals surface area contributed by atoms with Gasteiger partial charge in [0.2, 0.25) is 5.91 Å². The van der Waals surface area contributed by atoms with Crippen molar-refractivity contribution in [3.63, 3.8) is 0 Å². The molecule has 0 aliphatic rings. The van der Waals surface area contributed by atoms with Gasteiger partial charge in [0.05, 0.1) is 39.9 Å². The maximum absolute atomic E-state index is 13.0. The Kier molecular flexibility index (Phi) is 50.6. The second-order valence-corrected chi connectivity index (χ2v) is 23.5. The highest BCUT2D eigenvalue weighted by molar-refractivity contribution is 7.45. The number of likely N-dealkylation sites (N-methyl/N-ethyl adjacent to an activating group) is 1. The van der Waals surface area contributed by atoms with Crippen LogP contribution in [0.25, 0.3) is 0 Å². The molecule has 3 atom stereocenters. The first kappa shape index (κ1) is 67.2. The van der Waals surface area contributed by atoms with Crippen LogP contribution in [0.5, 0.6) is 0 Å². The van der Waals surface area contributed by atoms with Crippen molar-refractivity contribution in [1.82, 2.24) is 5.32 Å². The summed E-state index contributed by atoms with van der Waals surface area (Å²) in [4.78, 5) is 25.5. The molecule has 9 heteroatoms. The number of nitrogens with zero attached hydrogens (tertiary/aromatic N) is 1. The summed E-state index contributed by atoms with van der Waals surface area (Å²) in [5.41, 5.74) is 0. The first-order valence-electron chi connectivity index (χ1n) is 30.1. The topological polar surface area (TPSA) is 108 Å². The van der Waals surface area contributed by atoms with Crippen molar-refractivity contribution >= 4 is 13.7 Å². The zero-order valence-electron chi connectivity index (χ0n) is 46.3. The third-order valence-corrected chi connectivity index (χ3v) is 15.0. The van der Waals surface area contributed by atoms with Crippen LogP contribution in [-0.2, 0) is 18.4 Å². The molecular formula is C59H119N2O6P. The van der Waals surface area contributed by atoms with Crippen LogP contribution in [0, 0.1) is 0 Å². The number of unbranched alkanes of at least 4 members (excludes halogenated alkanes) is 43. The van der Waals surface area contributed by atoms with Gasteiger partial charge in [-0.05, 0) is 19.3 Å². The number of phosphoric acid groups is 1. The number of hydrogen-bond donors (Lipinski definition) is 2. The molecule has 3 unspecified atom stereocenters. The Balaban J connectivity index is 4.14. The standard InChI is InChI=1S/C59H119N2O6P/c1-6-8-10-12-14-16-18-20-22-24-26-28-29-30-31-33-35-37-39-41-43-45-47-49-51-53-59(63)60-57(56-67-68(64,65)66-55-54-61(3,4)5)58(62)52-50-48-46-44-42-40-38-36-34-32-27-25-23-21-19-17-15-13-11-9-7-2/h50,52,57-58,62H,6-49,51,53-56H2,1-5H3,(H-,60,63,64,65)/b52-50+. The van der Waals surface area contributed by atoms with E-state index in [1.807, 2.05) is 27.2 Å². The Morgan fingerprint density at radius 1 is 0.500 bits per heavy atom. The minimum Gasteiger partial charge on any atom is -0.756 e. The number of quaternary nitrogens is 1. The number of carbonyl (C=O) groups is 1. The highest BCUT2D eigenvalue weighted by Gasteiger charge is 2.23. The molecule has 0 rings (SSSR count). The number of aliphatic hydroxyl groups is 1. The van der Waals surface area contributed by atoms with E-state index in [1.165, 1.54) is 250 Å². The first-order valence-corrected chi connectivity index (χ1v) is 31.5. The molecule has 0 aliphatic heterocycles. The lowest BCUT2D eigenvalue weighted by molar-refractivity contribution is -0.870. The average Bonchev–Trinajstić information content (AvgIpc) is 3.30. The van der Waals surface area contributed by atoms with E-state index in [4.69, 9.17) is 9.05 Å². The zero-order chi connectivity index (χ0) is 49.9. The fourth-order valence-electron chi connectivity index (χ4n) is 9.27. The van der Waals surface area contributed by atoms with Crippen LogP contribution in [0.4, 0.5) is 0 Å². The molecule has 68 heavy (non-hydrogen) atoms. The summed E-state index contributed by atoms with van der Waals surface area (Å²) in [6.07, 6.45) is 62.9. The van der Waals surface area contributed by atoms with Crippen LogP contribution in [0.15, 0.2) is 12.2 Å². The molecule has 0 aromatic heterocycles. The second-order valence-electron chi connectivity index (χ2n) is 22.1. The summed E-state index contributed by atoms with van der Waals surface area (Å²) in [5, 5.41) is 13.9. The molecule has 406 valence electrons. The van der Waals surface area contributed by atoms with Gasteiger partial charge >= 0.3 is 0 Å². The highest BCUT2D eigenvalue weighted by Crippen LogP contribution is 2.38. The molecule has 0 saturated heterocycles. The SMILES string of the molecule is CCCCCCCCCCCCCCCCCCCCC/C=C/C(O)C(COP(=O)([O-])OCC[N+](C)(C)C)NC(=O)CCCCCCCCCCCCCCCCCCCCCCCCCCC. The molecule has 1 amide bonds. The van der Waals surface area contributed by atoms with Crippen molar-refractivity contribution < 1.29 is 32.9 Å². The molecule has 0 fully saturated rings. The molecule has 8 nitrogen and oxygen atoms in total. The van der Waals surface area contributed by atoms with Crippen molar-refractivity contribution in [2.75, 3.05) is 40.9 Å². The monoisotopic (exact) mass is 983 g/mol. The van der Waals surface area contributed by atoms with Crippen LogP contribution < -0.4 is 10.2 Å². The lowest BCUT2D eigenvalue weighted by atomic mass is 10.0. The van der Waals surface area contributed by atoms with Gasteiger partial charge in [-0.1, -0.05) is 296 Å². The molecule has 0 saturated carbocycles. The Morgan fingerprint density at radius 2 is 0.794 bits per heavy atom. The van der Waals surface area contributed by atoms with Crippen LogP contribution >= 0.6 is 7.82 Å². The summed E-state index contributed by atoms with van der Waals surface area (Å²) in [6, 6.07) is -0.882. The Hall–Kier alpha value is -0.760. The van der Waals surface area contributed by atoms with Gasteiger partial charge in [0, 0.05) is 6.42 Å². The number of amides is 1. The molecule has 0 spiro atoms.